The first-order chi connectivity index (χ1) is 6.33. The second kappa shape index (κ2) is 3.44. The van der Waals surface area contributed by atoms with Crippen molar-refractivity contribution in [1.82, 2.24) is 0 Å². The molecule has 0 aromatic heterocycles. The van der Waals surface area contributed by atoms with Gasteiger partial charge in [-0.15, -0.1) is 0 Å². The van der Waals surface area contributed by atoms with Crippen LogP contribution in [0.25, 0.3) is 0 Å². The molecular formula is C10H12FNO. The zero-order valence-corrected chi connectivity index (χ0v) is 7.24. The maximum atomic E-state index is 12.4. The molecule has 0 saturated heterocycles. The molecule has 2 atom stereocenters. The van der Waals surface area contributed by atoms with E-state index in [0.29, 0.717) is 6.61 Å². The molecule has 0 fully saturated rings. The van der Waals surface area contributed by atoms with Gasteiger partial charge in [-0.2, -0.15) is 0 Å². The lowest BCUT2D eigenvalue weighted by Crippen LogP contribution is -2.35. The van der Waals surface area contributed by atoms with Crippen LogP contribution >= 0.6 is 0 Å². The Bertz CT molecular complexity index is 303. The van der Waals surface area contributed by atoms with Gasteiger partial charge in [-0.3, -0.25) is 0 Å². The molecule has 1 aliphatic heterocycles. The van der Waals surface area contributed by atoms with Gasteiger partial charge in [-0.25, -0.2) is 4.39 Å². The Morgan fingerprint density at radius 1 is 1.46 bits per heavy atom. The van der Waals surface area contributed by atoms with E-state index in [1.54, 1.807) is 0 Å². The van der Waals surface area contributed by atoms with Crippen LogP contribution in [-0.4, -0.2) is 12.8 Å². The zero-order valence-electron chi connectivity index (χ0n) is 7.24. The van der Waals surface area contributed by atoms with E-state index in [-0.39, 0.29) is 6.04 Å². The number of halogens is 1. The van der Waals surface area contributed by atoms with E-state index in [0.717, 1.165) is 11.1 Å². The lowest BCUT2D eigenvalue weighted by molar-refractivity contribution is -0.00557. The molecule has 0 radical (unpaired) electrons. The van der Waals surface area contributed by atoms with Crippen LogP contribution in [0.3, 0.4) is 0 Å². The van der Waals surface area contributed by atoms with Crippen LogP contribution in [0.4, 0.5) is 4.39 Å². The fourth-order valence-corrected chi connectivity index (χ4v) is 1.63. The fraction of sp³-hybridized carbons (Fsp3) is 0.400. The quantitative estimate of drug-likeness (QED) is 0.713. The molecule has 2 N–H and O–H groups in total. The fourth-order valence-electron chi connectivity index (χ4n) is 1.63. The van der Waals surface area contributed by atoms with Gasteiger partial charge in [0.1, 0.15) is 12.8 Å². The average Bonchev–Trinajstić information content (AvgIpc) is 2.19. The highest BCUT2D eigenvalue weighted by atomic mass is 19.1. The molecular weight excluding hydrogens is 169 g/mol. The van der Waals surface area contributed by atoms with Gasteiger partial charge in [0.05, 0.1) is 12.6 Å². The van der Waals surface area contributed by atoms with E-state index in [1.807, 2.05) is 24.3 Å². The highest BCUT2D eigenvalue weighted by Crippen LogP contribution is 2.27. The minimum atomic E-state index is -0.518. The van der Waals surface area contributed by atoms with Crippen LogP contribution in [0, 0.1) is 0 Å². The standard InChI is InChI=1S/C10H12FNO/c11-5-9-10(12)8-4-2-1-3-7(8)6-13-9/h1-4,9-10H,5-6,12H2. The summed E-state index contributed by atoms with van der Waals surface area (Å²) in [6.07, 6.45) is -0.477. The first-order valence-corrected chi connectivity index (χ1v) is 4.34. The zero-order chi connectivity index (χ0) is 9.26. The van der Waals surface area contributed by atoms with Crippen molar-refractivity contribution < 1.29 is 9.13 Å². The highest BCUT2D eigenvalue weighted by Gasteiger charge is 2.26. The molecule has 0 amide bonds. The molecule has 1 aromatic rings. The Morgan fingerprint density at radius 3 is 3.00 bits per heavy atom. The summed E-state index contributed by atoms with van der Waals surface area (Å²) < 4.78 is 17.7. The molecule has 2 unspecified atom stereocenters. The van der Waals surface area contributed by atoms with E-state index >= 15 is 0 Å². The number of nitrogens with two attached hydrogens (primary N) is 1. The van der Waals surface area contributed by atoms with Crippen molar-refractivity contribution in [2.45, 2.75) is 18.8 Å². The largest absolute Gasteiger partial charge is 0.369 e. The first-order valence-electron chi connectivity index (χ1n) is 4.34. The topological polar surface area (TPSA) is 35.2 Å². The van der Waals surface area contributed by atoms with Crippen LogP contribution < -0.4 is 5.73 Å². The van der Waals surface area contributed by atoms with Crippen molar-refractivity contribution in [3.63, 3.8) is 0 Å². The summed E-state index contributed by atoms with van der Waals surface area (Å²) in [5, 5.41) is 0. The lowest BCUT2D eigenvalue weighted by atomic mass is 9.95. The molecule has 0 bridgehead atoms. The summed E-state index contributed by atoms with van der Waals surface area (Å²) in [6.45, 7) is -0.0477. The van der Waals surface area contributed by atoms with E-state index < -0.39 is 12.8 Å². The van der Waals surface area contributed by atoms with Gasteiger partial charge < -0.3 is 10.5 Å². The van der Waals surface area contributed by atoms with E-state index in [2.05, 4.69) is 0 Å². The van der Waals surface area contributed by atoms with Crippen molar-refractivity contribution in [1.29, 1.82) is 0 Å². The summed E-state index contributed by atoms with van der Waals surface area (Å²) in [5.41, 5.74) is 7.92. The monoisotopic (exact) mass is 181 g/mol. The Hall–Kier alpha value is -0.930. The Balaban J connectivity index is 2.33. The third-order valence-corrected chi connectivity index (χ3v) is 2.42. The SMILES string of the molecule is NC1c2ccccc2COC1CF. The number of hydrogen-bond donors (Lipinski definition) is 1. The van der Waals surface area contributed by atoms with Crippen LogP contribution in [0.2, 0.25) is 0 Å². The third-order valence-electron chi connectivity index (χ3n) is 2.42. The van der Waals surface area contributed by atoms with Gasteiger partial charge in [-0.05, 0) is 11.1 Å². The second-order valence-corrected chi connectivity index (χ2v) is 3.23. The summed E-state index contributed by atoms with van der Waals surface area (Å²) >= 11 is 0. The van der Waals surface area contributed by atoms with Crippen LogP contribution in [0.5, 0.6) is 0 Å². The van der Waals surface area contributed by atoms with Crippen molar-refractivity contribution in [2.24, 2.45) is 5.73 Å². The summed E-state index contributed by atoms with van der Waals surface area (Å²) in [5.74, 6) is 0. The Kier molecular flexibility index (Phi) is 2.29. The second-order valence-electron chi connectivity index (χ2n) is 3.23. The maximum absolute atomic E-state index is 12.4. The van der Waals surface area contributed by atoms with E-state index in [4.69, 9.17) is 10.5 Å². The van der Waals surface area contributed by atoms with Crippen LogP contribution in [0.15, 0.2) is 24.3 Å². The smallest absolute Gasteiger partial charge is 0.117 e. The molecule has 13 heavy (non-hydrogen) atoms. The van der Waals surface area contributed by atoms with Crippen molar-refractivity contribution >= 4 is 0 Å². The van der Waals surface area contributed by atoms with Crippen LogP contribution in [-0.2, 0) is 11.3 Å². The Morgan fingerprint density at radius 2 is 2.23 bits per heavy atom. The molecule has 70 valence electrons. The number of fused-ring (bicyclic) bond motifs is 1. The minimum absolute atomic E-state index is 0.324. The molecule has 1 aromatic carbocycles. The minimum Gasteiger partial charge on any atom is -0.369 e. The molecule has 1 aliphatic rings. The van der Waals surface area contributed by atoms with Gasteiger partial charge in [0.15, 0.2) is 0 Å². The maximum Gasteiger partial charge on any atom is 0.117 e. The van der Waals surface area contributed by atoms with E-state index in [9.17, 15) is 4.39 Å². The number of benzene rings is 1. The molecule has 1 heterocycles. The highest BCUT2D eigenvalue weighted by molar-refractivity contribution is 5.31. The van der Waals surface area contributed by atoms with Crippen LogP contribution in [0.1, 0.15) is 17.2 Å². The van der Waals surface area contributed by atoms with Crippen molar-refractivity contribution in [3.8, 4) is 0 Å². The normalized spacial score (nSPS) is 26.9. The molecule has 0 saturated carbocycles. The summed E-state index contributed by atoms with van der Waals surface area (Å²) in [4.78, 5) is 0. The van der Waals surface area contributed by atoms with Crippen molar-refractivity contribution in [2.75, 3.05) is 6.67 Å². The van der Waals surface area contributed by atoms with Gasteiger partial charge in [-0.1, -0.05) is 24.3 Å². The number of alkyl halides is 1. The first kappa shape index (κ1) is 8.66. The van der Waals surface area contributed by atoms with Crippen molar-refractivity contribution in [3.05, 3.63) is 35.4 Å². The van der Waals surface area contributed by atoms with Gasteiger partial charge in [0.25, 0.3) is 0 Å². The molecule has 2 nitrogen and oxygen atoms in total. The predicted octanol–water partition coefficient (Wildman–Crippen LogP) is 1.55. The predicted molar refractivity (Wildman–Crippen MR) is 47.9 cm³/mol. The van der Waals surface area contributed by atoms with Gasteiger partial charge in [0, 0.05) is 0 Å². The van der Waals surface area contributed by atoms with E-state index in [1.165, 1.54) is 0 Å². The number of rotatable bonds is 1. The molecule has 0 aliphatic carbocycles. The number of hydrogen-bond acceptors (Lipinski definition) is 2. The molecule has 3 heteroatoms. The number of ether oxygens (including phenoxy) is 1. The average molecular weight is 181 g/mol. The Labute approximate surface area is 76.5 Å². The molecule has 0 spiro atoms. The third kappa shape index (κ3) is 1.45. The summed E-state index contributed by atoms with van der Waals surface area (Å²) in [7, 11) is 0. The summed E-state index contributed by atoms with van der Waals surface area (Å²) in [6, 6.07) is 7.42. The van der Waals surface area contributed by atoms with Gasteiger partial charge >= 0.3 is 0 Å². The lowest BCUT2D eigenvalue weighted by Gasteiger charge is -2.29. The van der Waals surface area contributed by atoms with Gasteiger partial charge in [0.2, 0.25) is 0 Å². The molecule has 2 rings (SSSR count).